The normalized spacial score (nSPS) is 18.2. The van der Waals surface area contributed by atoms with Crippen molar-refractivity contribution in [2.75, 3.05) is 0 Å². The second-order valence-electron chi connectivity index (χ2n) is 4.62. The standard InChI is InChI=1S/C13H17BrFN/c1-2-13(4-3-5-13)16-9-10-6-11(14)8-12(15)7-10/h6-8,16H,2-5,9H2,1H3. The van der Waals surface area contributed by atoms with Gasteiger partial charge in [-0.3, -0.25) is 0 Å². The summed E-state index contributed by atoms with van der Waals surface area (Å²) in [6.07, 6.45) is 4.97. The fourth-order valence-electron chi connectivity index (χ4n) is 2.26. The SMILES string of the molecule is CCC1(NCc2cc(F)cc(Br)c2)CCC1. The average Bonchev–Trinajstić information content (AvgIpc) is 2.15. The molecule has 0 saturated heterocycles. The number of halogens is 2. The molecular weight excluding hydrogens is 269 g/mol. The molecule has 2 rings (SSSR count). The van der Waals surface area contributed by atoms with Gasteiger partial charge in [0.15, 0.2) is 0 Å². The molecule has 1 aromatic rings. The summed E-state index contributed by atoms with van der Waals surface area (Å²) >= 11 is 3.31. The lowest BCUT2D eigenvalue weighted by molar-refractivity contribution is 0.175. The molecule has 88 valence electrons. The third-order valence-corrected chi connectivity index (χ3v) is 4.04. The highest BCUT2D eigenvalue weighted by molar-refractivity contribution is 9.10. The van der Waals surface area contributed by atoms with Crippen molar-refractivity contribution in [1.29, 1.82) is 0 Å². The number of hydrogen-bond donors (Lipinski definition) is 1. The topological polar surface area (TPSA) is 12.0 Å². The van der Waals surface area contributed by atoms with Gasteiger partial charge in [-0.2, -0.15) is 0 Å². The van der Waals surface area contributed by atoms with Crippen molar-refractivity contribution in [2.24, 2.45) is 0 Å². The lowest BCUT2D eigenvalue weighted by Crippen LogP contribution is -2.49. The van der Waals surface area contributed by atoms with Crippen LogP contribution in [0.4, 0.5) is 4.39 Å². The number of hydrogen-bond acceptors (Lipinski definition) is 1. The van der Waals surface area contributed by atoms with Crippen LogP contribution in [0.3, 0.4) is 0 Å². The molecule has 0 radical (unpaired) electrons. The Morgan fingerprint density at radius 2 is 2.12 bits per heavy atom. The Kier molecular flexibility index (Phi) is 3.65. The third-order valence-electron chi connectivity index (χ3n) is 3.58. The van der Waals surface area contributed by atoms with E-state index in [0.717, 1.165) is 23.0 Å². The minimum Gasteiger partial charge on any atom is -0.307 e. The number of rotatable bonds is 4. The third kappa shape index (κ3) is 2.64. The van der Waals surface area contributed by atoms with Gasteiger partial charge in [-0.15, -0.1) is 0 Å². The summed E-state index contributed by atoms with van der Waals surface area (Å²) < 4.78 is 14.0. The first kappa shape index (κ1) is 12.1. The van der Waals surface area contributed by atoms with Crippen LogP contribution in [0.15, 0.2) is 22.7 Å². The van der Waals surface area contributed by atoms with Gasteiger partial charge < -0.3 is 5.32 Å². The van der Waals surface area contributed by atoms with Crippen molar-refractivity contribution in [3.8, 4) is 0 Å². The van der Waals surface area contributed by atoms with Crippen molar-refractivity contribution in [3.63, 3.8) is 0 Å². The van der Waals surface area contributed by atoms with Gasteiger partial charge >= 0.3 is 0 Å². The number of benzene rings is 1. The van der Waals surface area contributed by atoms with Gasteiger partial charge in [0, 0.05) is 16.6 Å². The van der Waals surface area contributed by atoms with Gasteiger partial charge in [-0.05, 0) is 49.4 Å². The highest BCUT2D eigenvalue weighted by Gasteiger charge is 2.34. The van der Waals surface area contributed by atoms with E-state index < -0.39 is 0 Å². The van der Waals surface area contributed by atoms with E-state index in [9.17, 15) is 4.39 Å². The summed E-state index contributed by atoms with van der Waals surface area (Å²) in [6.45, 7) is 2.97. The molecule has 1 nitrogen and oxygen atoms in total. The van der Waals surface area contributed by atoms with E-state index in [0.29, 0.717) is 5.54 Å². The molecule has 1 aliphatic carbocycles. The molecule has 1 fully saturated rings. The van der Waals surface area contributed by atoms with Crippen molar-refractivity contribution in [1.82, 2.24) is 5.32 Å². The smallest absolute Gasteiger partial charge is 0.124 e. The maximum Gasteiger partial charge on any atom is 0.124 e. The van der Waals surface area contributed by atoms with Crippen LogP contribution >= 0.6 is 15.9 Å². The van der Waals surface area contributed by atoms with Gasteiger partial charge in [0.25, 0.3) is 0 Å². The summed E-state index contributed by atoms with van der Waals surface area (Å²) in [5.41, 5.74) is 1.32. The van der Waals surface area contributed by atoms with Crippen molar-refractivity contribution in [2.45, 2.75) is 44.7 Å². The van der Waals surface area contributed by atoms with Crippen LogP contribution in [0.25, 0.3) is 0 Å². The molecule has 1 saturated carbocycles. The predicted octanol–water partition coefficient (Wildman–Crippen LogP) is 4.01. The predicted molar refractivity (Wildman–Crippen MR) is 67.8 cm³/mol. The van der Waals surface area contributed by atoms with E-state index in [4.69, 9.17) is 0 Å². The van der Waals surface area contributed by atoms with Gasteiger partial charge in [0.05, 0.1) is 0 Å². The zero-order chi connectivity index (χ0) is 11.6. The van der Waals surface area contributed by atoms with Crippen molar-refractivity contribution in [3.05, 3.63) is 34.1 Å². The highest BCUT2D eigenvalue weighted by Crippen LogP contribution is 2.34. The zero-order valence-corrected chi connectivity index (χ0v) is 11.1. The second kappa shape index (κ2) is 4.84. The quantitative estimate of drug-likeness (QED) is 0.881. The minimum absolute atomic E-state index is 0.176. The first-order chi connectivity index (χ1) is 7.63. The molecule has 0 spiro atoms. The van der Waals surface area contributed by atoms with E-state index in [1.807, 2.05) is 6.07 Å². The van der Waals surface area contributed by atoms with Gasteiger partial charge in [0.2, 0.25) is 0 Å². The van der Waals surface area contributed by atoms with Crippen LogP contribution < -0.4 is 5.32 Å². The van der Waals surface area contributed by atoms with Crippen LogP contribution in [0, 0.1) is 5.82 Å². The Morgan fingerprint density at radius 3 is 2.62 bits per heavy atom. The summed E-state index contributed by atoms with van der Waals surface area (Å²) in [5.74, 6) is -0.176. The Bertz CT molecular complexity index is 348. The largest absolute Gasteiger partial charge is 0.307 e. The molecule has 1 aliphatic rings. The van der Waals surface area contributed by atoms with Crippen molar-refractivity contribution >= 4 is 15.9 Å². The Morgan fingerprint density at radius 1 is 1.38 bits per heavy atom. The van der Waals surface area contributed by atoms with E-state index >= 15 is 0 Å². The number of nitrogens with one attached hydrogen (secondary N) is 1. The van der Waals surface area contributed by atoms with Crippen LogP contribution in [0.1, 0.15) is 38.2 Å². The zero-order valence-electron chi connectivity index (χ0n) is 9.52. The van der Waals surface area contributed by atoms with Gasteiger partial charge in [-0.25, -0.2) is 4.39 Å². The lowest BCUT2D eigenvalue weighted by atomic mass is 9.75. The van der Waals surface area contributed by atoms with Gasteiger partial charge in [0.1, 0.15) is 5.82 Å². The van der Waals surface area contributed by atoms with Crippen LogP contribution in [-0.4, -0.2) is 5.54 Å². The first-order valence-corrected chi connectivity index (χ1v) is 6.63. The summed E-state index contributed by atoms with van der Waals surface area (Å²) in [6, 6.07) is 5.06. The fourth-order valence-corrected chi connectivity index (χ4v) is 2.77. The molecule has 1 N–H and O–H groups in total. The van der Waals surface area contributed by atoms with E-state index in [1.165, 1.54) is 25.3 Å². The fraction of sp³-hybridized carbons (Fsp3) is 0.538. The molecule has 0 atom stereocenters. The van der Waals surface area contributed by atoms with Gasteiger partial charge in [-0.1, -0.05) is 22.9 Å². The minimum atomic E-state index is -0.176. The molecule has 16 heavy (non-hydrogen) atoms. The maximum atomic E-state index is 13.2. The molecule has 0 amide bonds. The monoisotopic (exact) mass is 285 g/mol. The summed E-state index contributed by atoms with van der Waals surface area (Å²) in [5, 5.41) is 3.57. The Balaban J connectivity index is 1.98. The summed E-state index contributed by atoms with van der Waals surface area (Å²) in [7, 11) is 0. The van der Waals surface area contributed by atoms with Crippen molar-refractivity contribution < 1.29 is 4.39 Å². The van der Waals surface area contributed by atoms with E-state index in [2.05, 4.69) is 28.2 Å². The first-order valence-electron chi connectivity index (χ1n) is 5.83. The summed E-state index contributed by atoms with van der Waals surface area (Å²) in [4.78, 5) is 0. The van der Waals surface area contributed by atoms with Crippen LogP contribution in [0.5, 0.6) is 0 Å². The Hall–Kier alpha value is -0.410. The molecule has 0 aliphatic heterocycles. The average molecular weight is 286 g/mol. The molecule has 3 heteroatoms. The van der Waals surface area contributed by atoms with Crippen LogP contribution in [0.2, 0.25) is 0 Å². The second-order valence-corrected chi connectivity index (χ2v) is 5.53. The molecular formula is C13H17BrFN. The molecule has 0 heterocycles. The Labute approximate surface area is 105 Å². The highest BCUT2D eigenvalue weighted by atomic mass is 79.9. The maximum absolute atomic E-state index is 13.2. The molecule has 1 aromatic carbocycles. The molecule has 0 unspecified atom stereocenters. The van der Waals surface area contributed by atoms with Crippen LogP contribution in [-0.2, 0) is 6.54 Å². The van der Waals surface area contributed by atoms with E-state index in [-0.39, 0.29) is 5.82 Å². The molecule has 0 aromatic heterocycles. The lowest BCUT2D eigenvalue weighted by Gasteiger charge is -2.42. The van der Waals surface area contributed by atoms with E-state index in [1.54, 1.807) is 6.07 Å². The molecule has 0 bridgehead atoms.